The van der Waals surface area contributed by atoms with Crippen molar-refractivity contribution in [1.82, 2.24) is 15.3 Å². The number of amides is 1. The molecule has 3 N–H and O–H groups in total. The number of carbonyl (C=O) groups is 1. The minimum Gasteiger partial charge on any atom is -0.424 e. The van der Waals surface area contributed by atoms with Crippen LogP contribution in [0.3, 0.4) is 0 Å². The molecule has 1 fully saturated rings. The van der Waals surface area contributed by atoms with Crippen LogP contribution in [0.1, 0.15) is 13.8 Å². The zero-order valence-electron chi connectivity index (χ0n) is 15.7. The van der Waals surface area contributed by atoms with Crippen LogP contribution in [0.4, 0.5) is 13.9 Å². The summed E-state index contributed by atoms with van der Waals surface area (Å²) in [5, 5.41) is 6.72. The number of alkyl halides is 2. The first-order chi connectivity index (χ1) is 13.7. The second-order valence-electron chi connectivity index (χ2n) is 6.98. The van der Waals surface area contributed by atoms with Gasteiger partial charge in [-0.2, -0.15) is 8.78 Å². The van der Waals surface area contributed by atoms with Crippen molar-refractivity contribution in [3.63, 3.8) is 0 Å². The lowest BCUT2D eigenvalue weighted by Crippen LogP contribution is -2.54. The number of primary amides is 1. The number of nitrogens with two attached hydrogens (primary N) is 1. The van der Waals surface area contributed by atoms with E-state index >= 15 is 0 Å². The molecule has 1 aliphatic rings. The van der Waals surface area contributed by atoms with Crippen LogP contribution < -0.4 is 20.7 Å². The predicted octanol–water partition coefficient (Wildman–Crippen LogP) is 3.06. The second-order valence-corrected chi connectivity index (χ2v) is 8.85. The Hall–Kier alpha value is -2.37. The monoisotopic (exact) mass is 439 g/mol. The zero-order valence-corrected chi connectivity index (χ0v) is 17.3. The van der Waals surface area contributed by atoms with Crippen molar-refractivity contribution >= 4 is 43.9 Å². The number of benzene rings is 1. The van der Waals surface area contributed by atoms with E-state index in [4.69, 9.17) is 15.5 Å². The second kappa shape index (κ2) is 7.47. The third kappa shape index (κ3) is 3.89. The number of hydrogen-bond acceptors (Lipinski definition) is 8. The van der Waals surface area contributed by atoms with Crippen LogP contribution in [0.2, 0.25) is 0 Å². The zero-order chi connectivity index (χ0) is 20.8. The summed E-state index contributed by atoms with van der Waals surface area (Å²) in [5.41, 5.74) is 6.01. The fraction of sp³-hybridized carbons (Fsp3) is 0.389. The van der Waals surface area contributed by atoms with Crippen molar-refractivity contribution in [2.45, 2.75) is 32.0 Å². The molecule has 1 aliphatic heterocycles. The van der Waals surface area contributed by atoms with Gasteiger partial charge in [-0.05, 0) is 26.0 Å². The van der Waals surface area contributed by atoms with Crippen molar-refractivity contribution < 1.29 is 18.3 Å². The Bertz CT molecular complexity index is 1030. The third-order valence-corrected chi connectivity index (χ3v) is 6.45. The summed E-state index contributed by atoms with van der Waals surface area (Å²) in [7, 11) is 0. The van der Waals surface area contributed by atoms with E-state index in [1.165, 1.54) is 28.7 Å². The van der Waals surface area contributed by atoms with Crippen molar-refractivity contribution in [3.05, 3.63) is 23.7 Å². The molecule has 0 bridgehead atoms. The molecule has 154 valence electrons. The first-order valence-electron chi connectivity index (χ1n) is 8.95. The molecular formula is C18H19F2N5O2S2. The highest BCUT2D eigenvalue weighted by molar-refractivity contribution is 7.22. The van der Waals surface area contributed by atoms with E-state index in [2.05, 4.69) is 29.0 Å². The van der Waals surface area contributed by atoms with Crippen molar-refractivity contribution in [3.8, 4) is 16.3 Å². The van der Waals surface area contributed by atoms with Crippen LogP contribution in [0, 0.1) is 0 Å². The van der Waals surface area contributed by atoms with Gasteiger partial charge in [-0.15, -0.1) is 11.3 Å². The number of piperazine rings is 1. The molecule has 0 spiro atoms. The summed E-state index contributed by atoms with van der Waals surface area (Å²) in [6.45, 7) is 5.65. The molecule has 1 saturated heterocycles. The molecule has 0 saturated carbocycles. The van der Waals surface area contributed by atoms with Crippen LogP contribution in [-0.2, 0) is 4.79 Å². The molecule has 3 heterocycles. The maximum Gasteiger partial charge on any atom is 0.482 e. The number of nitrogens with zero attached hydrogens (tertiary/aromatic N) is 3. The number of rotatable bonds is 5. The molecule has 0 radical (unpaired) electrons. The number of hydrogen-bond donors (Lipinski definition) is 2. The average molecular weight is 440 g/mol. The van der Waals surface area contributed by atoms with Gasteiger partial charge in [-0.25, -0.2) is 9.97 Å². The molecule has 4 rings (SSSR count). The fourth-order valence-corrected chi connectivity index (χ4v) is 5.11. The van der Waals surface area contributed by atoms with E-state index in [9.17, 15) is 13.6 Å². The molecule has 0 unspecified atom stereocenters. The van der Waals surface area contributed by atoms with Crippen LogP contribution in [0.15, 0.2) is 23.7 Å². The fourth-order valence-electron chi connectivity index (χ4n) is 3.39. The van der Waals surface area contributed by atoms with Gasteiger partial charge in [0.1, 0.15) is 10.8 Å². The molecule has 11 heteroatoms. The molecule has 0 aliphatic carbocycles. The summed E-state index contributed by atoms with van der Waals surface area (Å²) in [4.78, 5) is 22.2. The van der Waals surface area contributed by atoms with Crippen LogP contribution in [0.5, 0.6) is 5.75 Å². The summed E-state index contributed by atoms with van der Waals surface area (Å²) >= 11 is 2.68. The molecule has 1 amide bonds. The average Bonchev–Trinajstić information content (AvgIpc) is 3.31. The molecular weight excluding hydrogens is 420 g/mol. The van der Waals surface area contributed by atoms with E-state index in [0.717, 1.165) is 23.7 Å². The molecule has 29 heavy (non-hydrogen) atoms. The molecule has 2 atom stereocenters. The molecule has 3 aromatic rings. The highest BCUT2D eigenvalue weighted by atomic mass is 32.1. The third-order valence-electron chi connectivity index (χ3n) is 4.51. The van der Waals surface area contributed by atoms with Crippen LogP contribution in [0.25, 0.3) is 20.8 Å². The first-order valence-corrected chi connectivity index (χ1v) is 10.7. The van der Waals surface area contributed by atoms with Crippen LogP contribution >= 0.6 is 22.7 Å². The Labute approximate surface area is 173 Å². The summed E-state index contributed by atoms with van der Waals surface area (Å²) in [6.07, 6.45) is -2.44. The van der Waals surface area contributed by atoms with Crippen molar-refractivity contribution in [2.75, 3.05) is 18.0 Å². The van der Waals surface area contributed by atoms with E-state index in [-0.39, 0.29) is 17.8 Å². The largest absolute Gasteiger partial charge is 0.482 e. The standard InChI is InChI=1S/C18H19F2N5O2S2/c1-9-7-25(8-10(2)23-9)17-24-13-11(15-22-5-6-28-15)3-4-12(14(13)29-17)27-18(19,20)16(21)26/h3-6,9-10,23H,7-8H2,1-2H3,(H2,21,26)/t9-,10+. The quantitative estimate of drug-likeness (QED) is 0.635. The Kier molecular flexibility index (Phi) is 5.13. The van der Waals surface area contributed by atoms with Crippen molar-refractivity contribution in [2.24, 2.45) is 5.73 Å². The number of carbonyl (C=O) groups excluding carboxylic acids is 1. The maximum atomic E-state index is 13.9. The van der Waals surface area contributed by atoms with E-state index in [1.54, 1.807) is 12.3 Å². The number of aromatic nitrogens is 2. The van der Waals surface area contributed by atoms with Gasteiger partial charge in [0.15, 0.2) is 5.13 Å². The molecule has 7 nitrogen and oxygen atoms in total. The van der Waals surface area contributed by atoms with Gasteiger partial charge in [0, 0.05) is 42.3 Å². The highest BCUT2D eigenvalue weighted by Crippen LogP contribution is 2.42. The first kappa shape index (κ1) is 19.9. The Morgan fingerprint density at radius 2 is 2.07 bits per heavy atom. The van der Waals surface area contributed by atoms with Crippen LogP contribution in [-0.4, -0.2) is 47.2 Å². The smallest absolute Gasteiger partial charge is 0.424 e. The van der Waals surface area contributed by atoms with Gasteiger partial charge >= 0.3 is 12.0 Å². The van der Waals surface area contributed by atoms with E-state index in [1.807, 2.05) is 5.38 Å². The lowest BCUT2D eigenvalue weighted by atomic mass is 10.1. The molecule has 1 aromatic carbocycles. The number of nitrogens with one attached hydrogen (secondary N) is 1. The van der Waals surface area contributed by atoms with Crippen molar-refractivity contribution in [1.29, 1.82) is 0 Å². The summed E-state index contributed by atoms with van der Waals surface area (Å²) in [5.74, 6) is -1.98. The minimum absolute atomic E-state index is 0.135. The predicted molar refractivity (Wildman–Crippen MR) is 110 cm³/mol. The van der Waals surface area contributed by atoms with Gasteiger partial charge in [-0.3, -0.25) is 4.79 Å². The van der Waals surface area contributed by atoms with E-state index < -0.39 is 12.0 Å². The van der Waals surface area contributed by atoms with Gasteiger partial charge in [0.05, 0.1) is 10.2 Å². The number of ether oxygens (including phenoxy) is 1. The van der Waals surface area contributed by atoms with Gasteiger partial charge in [-0.1, -0.05) is 11.3 Å². The number of anilines is 1. The Morgan fingerprint density at radius 1 is 1.34 bits per heavy atom. The maximum absolute atomic E-state index is 13.9. The SMILES string of the molecule is C[C@@H]1CN(c2nc3c(-c4nccs4)ccc(OC(F)(F)C(N)=O)c3s2)C[C@H](C)N1. The lowest BCUT2D eigenvalue weighted by Gasteiger charge is -2.35. The minimum atomic E-state index is -4.11. The molecule has 2 aromatic heterocycles. The Morgan fingerprint density at radius 3 is 2.69 bits per heavy atom. The summed E-state index contributed by atoms with van der Waals surface area (Å²) < 4.78 is 32.8. The Balaban J connectivity index is 1.82. The number of halogens is 2. The van der Waals surface area contributed by atoms with Gasteiger partial charge < -0.3 is 20.7 Å². The normalized spacial score (nSPS) is 20.2. The van der Waals surface area contributed by atoms with Gasteiger partial charge in [0.2, 0.25) is 0 Å². The number of thiazole rings is 2. The number of fused-ring (bicyclic) bond motifs is 1. The van der Waals surface area contributed by atoms with Gasteiger partial charge in [0.25, 0.3) is 0 Å². The van der Waals surface area contributed by atoms with E-state index in [0.29, 0.717) is 15.3 Å². The topological polar surface area (TPSA) is 93.4 Å². The highest BCUT2D eigenvalue weighted by Gasteiger charge is 2.41. The lowest BCUT2D eigenvalue weighted by molar-refractivity contribution is -0.188. The summed E-state index contributed by atoms with van der Waals surface area (Å²) in [6, 6.07) is 3.55.